The van der Waals surface area contributed by atoms with Gasteiger partial charge in [-0.05, 0) is 42.5 Å². The van der Waals surface area contributed by atoms with E-state index in [-0.39, 0.29) is 4.90 Å². The van der Waals surface area contributed by atoms with Gasteiger partial charge in [-0.2, -0.15) is 0 Å². The Kier molecular flexibility index (Phi) is 4.41. The SMILES string of the molecule is COc1ccc(NS(=O)(=O)c2ccc(OC)c3sc4ccccc4c23)cc1. The zero-order valence-corrected chi connectivity index (χ0v) is 16.4. The Balaban J connectivity index is 1.89. The lowest BCUT2D eigenvalue weighted by atomic mass is 10.1. The van der Waals surface area contributed by atoms with E-state index in [1.165, 1.54) is 11.3 Å². The third-order valence-electron chi connectivity index (χ3n) is 4.30. The molecule has 1 aromatic heterocycles. The van der Waals surface area contributed by atoms with Crippen molar-refractivity contribution in [1.82, 2.24) is 0 Å². The van der Waals surface area contributed by atoms with E-state index in [0.717, 1.165) is 14.8 Å². The van der Waals surface area contributed by atoms with Crippen LogP contribution in [-0.2, 0) is 10.0 Å². The predicted molar refractivity (Wildman–Crippen MR) is 110 cm³/mol. The Morgan fingerprint density at radius 2 is 1.63 bits per heavy atom. The van der Waals surface area contributed by atoms with Crippen LogP contribution >= 0.6 is 11.3 Å². The molecule has 0 aliphatic rings. The average Bonchev–Trinajstić information content (AvgIpc) is 3.07. The first-order valence-electron chi connectivity index (χ1n) is 8.18. The molecular weight excluding hydrogens is 382 g/mol. The summed E-state index contributed by atoms with van der Waals surface area (Å²) in [5.74, 6) is 1.32. The lowest BCUT2D eigenvalue weighted by Gasteiger charge is -2.11. The number of thiophene rings is 1. The third-order valence-corrected chi connectivity index (χ3v) is 6.91. The van der Waals surface area contributed by atoms with E-state index in [2.05, 4.69) is 4.72 Å². The highest BCUT2D eigenvalue weighted by Crippen LogP contribution is 2.42. The molecule has 0 fully saturated rings. The summed E-state index contributed by atoms with van der Waals surface area (Å²) in [5.41, 5.74) is 0.472. The molecule has 0 saturated carbocycles. The molecule has 0 aliphatic heterocycles. The first-order valence-corrected chi connectivity index (χ1v) is 10.5. The van der Waals surface area contributed by atoms with Crippen LogP contribution in [0.2, 0.25) is 0 Å². The topological polar surface area (TPSA) is 64.6 Å². The van der Waals surface area contributed by atoms with E-state index in [1.54, 1.807) is 50.6 Å². The fourth-order valence-corrected chi connectivity index (χ4v) is 5.60. The minimum absolute atomic E-state index is 0.228. The second kappa shape index (κ2) is 6.75. The van der Waals surface area contributed by atoms with Crippen LogP contribution in [0.5, 0.6) is 11.5 Å². The van der Waals surface area contributed by atoms with Gasteiger partial charge in [-0.15, -0.1) is 11.3 Å². The molecular formula is C20H17NO4S2. The number of ether oxygens (including phenoxy) is 2. The molecule has 0 amide bonds. The van der Waals surface area contributed by atoms with E-state index in [0.29, 0.717) is 22.6 Å². The van der Waals surface area contributed by atoms with Gasteiger partial charge in [-0.25, -0.2) is 8.42 Å². The van der Waals surface area contributed by atoms with Crippen molar-refractivity contribution < 1.29 is 17.9 Å². The van der Waals surface area contributed by atoms with Crippen LogP contribution in [0.4, 0.5) is 5.69 Å². The summed E-state index contributed by atoms with van der Waals surface area (Å²) in [6, 6.07) is 17.8. The maximum Gasteiger partial charge on any atom is 0.262 e. The van der Waals surface area contributed by atoms with Crippen molar-refractivity contribution in [1.29, 1.82) is 0 Å². The normalized spacial score (nSPS) is 11.6. The Hall–Kier alpha value is -2.77. The van der Waals surface area contributed by atoms with Crippen LogP contribution in [0, 0.1) is 0 Å². The molecule has 5 nitrogen and oxygen atoms in total. The van der Waals surface area contributed by atoms with Crippen LogP contribution in [0.3, 0.4) is 0 Å². The number of hydrogen-bond acceptors (Lipinski definition) is 5. The minimum atomic E-state index is -3.79. The second-order valence-corrected chi connectivity index (χ2v) is 8.61. The minimum Gasteiger partial charge on any atom is -0.497 e. The Morgan fingerprint density at radius 3 is 2.33 bits per heavy atom. The monoisotopic (exact) mass is 399 g/mol. The van der Waals surface area contributed by atoms with E-state index in [9.17, 15) is 8.42 Å². The predicted octanol–water partition coefficient (Wildman–Crippen LogP) is 4.87. The molecule has 0 unspecified atom stereocenters. The summed E-state index contributed by atoms with van der Waals surface area (Å²) >= 11 is 1.52. The number of rotatable bonds is 5. The van der Waals surface area contributed by atoms with Gasteiger partial charge in [0.1, 0.15) is 11.5 Å². The lowest BCUT2D eigenvalue weighted by Crippen LogP contribution is -2.13. The van der Waals surface area contributed by atoms with Gasteiger partial charge in [0, 0.05) is 21.2 Å². The van der Waals surface area contributed by atoms with Crippen molar-refractivity contribution in [2.75, 3.05) is 18.9 Å². The van der Waals surface area contributed by atoms with Gasteiger partial charge in [0.2, 0.25) is 0 Å². The number of methoxy groups -OCH3 is 2. The Morgan fingerprint density at radius 1 is 0.889 bits per heavy atom. The zero-order chi connectivity index (χ0) is 19.0. The molecule has 27 heavy (non-hydrogen) atoms. The molecule has 0 saturated heterocycles. The molecule has 138 valence electrons. The van der Waals surface area contributed by atoms with Gasteiger partial charge in [0.05, 0.1) is 23.8 Å². The number of nitrogens with one attached hydrogen (secondary N) is 1. The number of hydrogen-bond donors (Lipinski definition) is 1. The van der Waals surface area contributed by atoms with Gasteiger partial charge < -0.3 is 9.47 Å². The molecule has 0 radical (unpaired) electrons. The van der Waals surface area contributed by atoms with E-state index < -0.39 is 10.0 Å². The zero-order valence-electron chi connectivity index (χ0n) is 14.7. The summed E-state index contributed by atoms with van der Waals surface area (Å²) < 4.78 is 41.3. The fraction of sp³-hybridized carbons (Fsp3) is 0.100. The summed E-state index contributed by atoms with van der Waals surface area (Å²) in [7, 11) is -0.635. The number of sulfonamides is 1. The standard InChI is InChI=1S/C20H17NO4S2/c1-24-14-9-7-13(8-10-14)21-27(22,23)18-12-11-16(25-2)20-19(18)15-5-3-4-6-17(15)26-20/h3-12,21H,1-2H3. The van der Waals surface area contributed by atoms with Crippen molar-refractivity contribution in [2.45, 2.75) is 4.90 Å². The molecule has 0 spiro atoms. The Bertz CT molecular complexity index is 1230. The van der Waals surface area contributed by atoms with Crippen molar-refractivity contribution in [3.8, 4) is 11.5 Å². The summed E-state index contributed by atoms with van der Waals surface area (Å²) in [6.07, 6.45) is 0. The van der Waals surface area contributed by atoms with Crippen LogP contribution < -0.4 is 14.2 Å². The van der Waals surface area contributed by atoms with Crippen LogP contribution in [0.25, 0.3) is 20.2 Å². The molecule has 3 aromatic carbocycles. The molecule has 1 N–H and O–H groups in total. The number of fused-ring (bicyclic) bond motifs is 3. The quantitative estimate of drug-likeness (QED) is 0.520. The molecule has 4 aromatic rings. The van der Waals surface area contributed by atoms with Gasteiger partial charge in [0.25, 0.3) is 10.0 Å². The first kappa shape index (κ1) is 17.6. The van der Waals surface area contributed by atoms with Crippen molar-refractivity contribution in [3.05, 3.63) is 60.7 Å². The van der Waals surface area contributed by atoms with E-state index in [1.807, 2.05) is 24.3 Å². The van der Waals surface area contributed by atoms with Gasteiger partial charge in [-0.1, -0.05) is 18.2 Å². The fourth-order valence-electron chi connectivity index (χ4n) is 3.03. The smallest absolute Gasteiger partial charge is 0.262 e. The Labute approximate surface area is 161 Å². The molecule has 0 atom stereocenters. The largest absolute Gasteiger partial charge is 0.497 e. The van der Waals surface area contributed by atoms with Gasteiger partial charge in [0.15, 0.2) is 0 Å². The molecule has 7 heteroatoms. The average molecular weight is 399 g/mol. The van der Waals surface area contributed by atoms with Crippen molar-refractivity contribution in [3.63, 3.8) is 0 Å². The summed E-state index contributed by atoms with van der Waals surface area (Å²) in [4.78, 5) is 0.228. The van der Waals surface area contributed by atoms with E-state index >= 15 is 0 Å². The molecule has 1 heterocycles. The maximum atomic E-state index is 13.1. The number of anilines is 1. The molecule has 4 rings (SSSR count). The summed E-state index contributed by atoms with van der Waals surface area (Å²) in [5, 5.41) is 1.57. The van der Waals surface area contributed by atoms with Gasteiger partial charge in [-0.3, -0.25) is 4.72 Å². The van der Waals surface area contributed by atoms with E-state index in [4.69, 9.17) is 9.47 Å². The lowest BCUT2D eigenvalue weighted by molar-refractivity contribution is 0.415. The second-order valence-electron chi connectivity index (χ2n) is 5.90. The number of benzene rings is 3. The third kappa shape index (κ3) is 3.09. The van der Waals surface area contributed by atoms with Crippen LogP contribution in [0.15, 0.2) is 65.6 Å². The van der Waals surface area contributed by atoms with Crippen molar-refractivity contribution >= 4 is 47.2 Å². The van der Waals surface area contributed by atoms with Crippen molar-refractivity contribution in [2.24, 2.45) is 0 Å². The van der Waals surface area contributed by atoms with Gasteiger partial charge >= 0.3 is 0 Å². The van der Waals surface area contributed by atoms with Crippen LogP contribution in [0.1, 0.15) is 0 Å². The first-order chi connectivity index (χ1) is 13.0. The highest BCUT2D eigenvalue weighted by atomic mass is 32.2. The highest BCUT2D eigenvalue weighted by Gasteiger charge is 2.22. The van der Waals surface area contributed by atoms with Crippen LogP contribution in [-0.4, -0.2) is 22.6 Å². The summed E-state index contributed by atoms with van der Waals surface area (Å²) in [6.45, 7) is 0. The molecule has 0 aliphatic carbocycles. The highest BCUT2D eigenvalue weighted by molar-refractivity contribution is 7.93. The maximum absolute atomic E-state index is 13.1. The molecule has 0 bridgehead atoms.